The summed E-state index contributed by atoms with van der Waals surface area (Å²) in [6.07, 6.45) is 0.557. The molecule has 2 aromatic heterocycles. The molecule has 38 heavy (non-hydrogen) atoms. The zero-order chi connectivity index (χ0) is 27.1. The third-order valence-electron chi connectivity index (χ3n) is 5.84. The highest BCUT2D eigenvalue weighted by Gasteiger charge is 2.40. The SMILES string of the molecule is COCCNC(=O)C1(C)COC(c2nc(-c3ccc(F)cc3)c(-c3ccnc(NCCC(=O)O)n3)[nH]2)OC1. The van der Waals surface area contributed by atoms with Gasteiger partial charge < -0.3 is 34.9 Å². The van der Waals surface area contributed by atoms with Gasteiger partial charge in [-0.2, -0.15) is 0 Å². The van der Waals surface area contributed by atoms with Crippen LogP contribution in [0.3, 0.4) is 0 Å². The second-order valence-corrected chi connectivity index (χ2v) is 8.95. The zero-order valence-corrected chi connectivity index (χ0v) is 21.0. The molecule has 1 amide bonds. The Kier molecular flexibility index (Phi) is 8.61. The molecule has 0 radical (unpaired) electrons. The second kappa shape index (κ2) is 12.1. The highest BCUT2D eigenvalue weighted by molar-refractivity contribution is 5.82. The van der Waals surface area contributed by atoms with E-state index in [0.29, 0.717) is 41.6 Å². The van der Waals surface area contributed by atoms with Crippen molar-refractivity contribution >= 4 is 17.8 Å². The number of amides is 1. The number of carboxylic acid groups (broad SMARTS) is 1. The summed E-state index contributed by atoms with van der Waals surface area (Å²) in [6.45, 7) is 2.88. The van der Waals surface area contributed by atoms with Gasteiger partial charge in [-0.05, 0) is 37.3 Å². The molecule has 1 fully saturated rings. The Morgan fingerprint density at radius 2 is 1.92 bits per heavy atom. The second-order valence-electron chi connectivity index (χ2n) is 8.95. The first-order valence-electron chi connectivity index (χ1n) is 11.9. The number of halogens is 1. The van der Waals surface area contributed by atoms with Crippen molar-refractivity contribution in [3.8, 4) is 22.6 Å². The number of H-pyrrole nitrogens is 1. The molecule has 0 atom stereocenters. The lowest BCUT2D eigenvalue weighted by Crippen LogP contribution is -2.49. The molecular weight excluding hydrogens is 499 g/mol. The van der Waals surface area contributed by atoms with E-state index in [1.165, 1.54) is 18.3 Å². The number of carbonyl (C=O) groups is 2. The molecule has 4 N–H and O–H groups in total. The molecule has 3 heterocycles. The Morgan fingerprint density at radius 1 is 1.18 bits per heavy atom. The molecule has 0 bridgehead atoms. The number of carboxylic acids is 1. The Labute approximate surface area is 218 Å². The first kappa shape index (κ1) is 27.1. The van der Waals surface area contributed by atoms with Gasteiger partial charge in [0.1, 0.15) is 5.82 Å². The van der Waals surface area contributed by atoms with Crippen LogP contribution in [0, 0.1) is 11.2 Å². The summed E-state index contributed by atoms with van der Waals surface area (Å²) >= 11 is 0. The van der Waals surface area contributed by atoms with Gasteiger partial charge in [-0.15, -0.1) is 0 Å². The van der Waals surface area contributed by atoms with Crippen molar-refractivity contribution in [1.82, 2.24) is 25.3 Å². The molecule has 0 spiro atoms. The van der Waals surface area contributed by atoms with Gasteiger partial charge in [-0.25, -0.2) is 19.3 Å². The summed E-state index contributed by atoms with van der Waals surface area (Å²) in [6, 6.07) is 7.50. The van der Waals surface area contributed by atoms with Crippen molar-refractivity contribution in [3.63, 3.8) is 0 Å². The number of nitrogens with zero attached hydrogens (tertiary/aromatic N) is 3. The van der Waals surface area contributed by atoms with Crippen molar-refractivity contribution in [2.75, 3.05) is 45.3 Å². The molecular formula is C25H29FN6O6. The quantitative estimate of drug-likeness (QED) is 0.272. The third-order valence-corrected chi connectivity index (χ3v) is 5.84. The number of imidazole rings is 1. The number of ether oxygens (including phenoxy) is 3. The first-order chi connectivity index (χ1) is 18.3. The third kappa shape index (κ3) is 6.49. The van der Waals surface area contributed by atoms with E-state index in [1.54, 1.807) is 32.2 Å². The van der Waals surface area contributed by atoms with Crippen molar-refractivity contribution in [2.45, 2.75) is 19.6 Å². The fourth-order valence-corrected chi connectivity index (χ4v) is 3.75. The van der Waals surface area contributed by atoms with Crippen LogP contribution >= 0.6 is 0 Å². The molecule has 1 aromatic carbocycles. The minimum Gasteiger partial charge on any atom is -0.481 e. The molecule has 0 aliphatic carbocycles. The lowest BCUT2D eigenvalue weighted by atomic mass is 9.91. The smallest absolute Gasteiger partial charge is 0.305 e. The number of anilines is 1. The highest BCUT2D eigenvalue weighted by atomic mass is 19.1. The lowest BCUT2D eigenvalue weighted by Gasteiger charge is -2.35. The Morgan fingerprint density at radius 3 is 2.61 bits per heavy atom. The molecule has 1 aliphatic heterocycles. The standard InChI is InChI=1S/C25H29FN6O6/c1-25(23(35)27-11-12-36-2)13-37-22(38-14-25)21-31-19(15-3-5-16(26)6-4-15)20(32-21)17-7-9-28-24(30-17)29-10-8-18(33)34/h3-7,9,22H,8,10-14H2,1-2H3,(H,27,35)(H,31,32)(H,33,34)(H,28,29,30). The average Bonchev–Trinajstić information content (AvgIpc) is 3.35. The van der Waals surface area contributed by atoms with Crippen molar-refractivity contribution in [1.29, 1.82) is 0 Å². The van der Waals surface area contributed by atoms with Crippen LogP contribution in [-0.4, -0.2) is 76.9 Å². The number of methoxy groups -OCH3 is 1. The predicted molar refractivity (Wildman–Crippen MR) is 133 cm³/mol. The summed E-state index contributed by atoms with van der Waals surface area (Å²) in [7, 11) is 1.56. The van der Waals surface area contributed by atoms with Crippen LogP contribution in [-0.2, 0) is 23.8 Å². The maximum absolute atomic E-state index is 13.6. The number of nitrogens with one attached hydrogen (secondary N) is 3. The fraction of sp³-hybridized carbons (Fsp3) is 0.400. The number of aromatic nitrogens is 4. The maximum Gasteiger partial charge on any atom is 0.305 e. The van der Waals surface area contributed by atoms with Gasteiger partial charge in [0.05, 0.1) is 48.7 Å². The van der Waals surface area contributed by atoms with Gasteiger partial charge in [-0.3, -0.25) is 9.59 Å². The summed E-state index contributed by atoms with van der Waals surface area (Å²) in [5.74, 6) is -0.948. The minimum atomic E-state index is -0.943. The molecule has 1 aliphatic rings. The molecule has 4 rings (SSSR count). The van der Waals surface area contributed by atoms with Gasteiger partial charge in [0.25, 0.3) is 0 Å². The van der Waals surface area contributed by atoms with Crippen molar-refractivity contribution in [2.24, 2.45) is 5.41 Å². The largest absolute Gasteiger partial charge is 0.481 e. The number of hydrogen-bond acceptors (Lipinski definition) is 9. The average molecular weight is 529 g/mol. The van der Waals surface area contributed by atoms with Crippen LogP contribution in [0.25, 0.3) is 22.6 Å². The van der Waals surface area contributed by atoms with Crippen LogP contribution < -0.4 is 10.6 Å². The normalized spacial score (nSPS) is 19.2. The highest BCUT2D eigenvalue weighted by Crippen LogP contribution is 2.35. The van der Waals surface area contributed by atoms with Crippen LogP contribution in [0.5, 0.6) is 0 Å². The predicted octanol–water partition coefficient (Wildman–Crippen LogP) is 2.37. The lowest BCUT2D eigenvalue weighted by molar-refractivity contribution is -0.231. The van der Waals surface area contributed by atoms with E-state index in [-0.39, 0.29) is 43.9 Å². The Hall–Kier alpha value is -3.94. The summed E-state index contributed by atoms with van der Waals surface area (Å²) < 4.78 is 30.4. The molecule has 12 nitrogen and oxygen atoms in total. The molecule has 3 aromatic rings. The van der Waals surface area contributed by atoms with Gasteiger partial charge >= 0.3 is 5.97 Å². The fourth-order valence-electron chi connectivity index (χ4n) is 3.75. The first-order valence-corrected chi connectivity index (χ1v) is 11.9. The molecule has 13 heteroatoms. The monoisotopic (exact) mass is 528 g/mol. The maximum atomic E-state index is 13.6. The number of benzene rings is 1. The van der Waals surface area contributed by atoms with Gasteiger partial charge in [0.2, 0.25) is 18.1 Å². The van der Waals surface area contributed by atoms with Crippen LogP contribution in [0.2, 0.25) is 0 Å². The number of hydrogen-bond donors (Lipinski definition) is 4. The molecule has 0 unspecified atom stereocenters. The van der Waals surface area contributed by atoms with E-state index in [4.69, 9.17) is 19.3 Å². The van der Waals surface area contributed by atoms with Crippen LogP contribution in [0.1, 0.15) is 25.5 Å². The summed E-state index contributed by atoms with van der Waals surface area (Å²) in [4.78, 5) is 39.9. The molecule has 0 saturated carbocycles. The number of aliphatic carboxylic acids is 1. The summed E-state index contributed by atoms with van der Waals surface area (Å²) in [5.41, 5.74) is 1.19. The zero-order valence-electron chi connectivity index (χ0n) is 21.0. The van der Waals surface area contributed by atoms with E-state index in [0.717, 1.165) is 0 Å². The van der Waals surface area contributed by atoms with Crippen LogP contribution in [0.4, 0.5) is 10.3 Å². The molecule has 1 saturated heterocycles. The number of carbonyl (C=O) groups excluding carboxylic acids is 1. The minimum absolute atomic E-state index is 0.0949. The van der Waals surface area contributed by atoms with Crippen molar-refractivity contribution in [3.05, 3.63) is 48.2 Å². The van der Waals surface area contributed by atoms with E-state index >= 15 is 0 Å². The van der Waals surface area contributed by atoms with Gasteiger partial charge in [-0.1, -0.05) is 0 Å². The van der Waals surface area contributed by atoms with Crippen molar-refractivity contribution < 1.29 is 33.3 Å². The Bertz CT molecular complexity index is 1260. The molecule has 202 valence electrons. The van der Waals surface area contributed by atoms with E-state index in [1.807, 2.05) is 0 Å². The van der Waals surface area contributed by atoms with E-state index in [2.05, 4.69) is 30.6 Å². The number of aromatic amines is 1. The van der Waals surface area contributed by atoms with Gasteiger partial charge in [0.15, 0.2) is 5.82 Å². The van der Waals surface area contributed by atoms with Gasteiger partial charge in [0, 0.05) is 32.0 Å². The number of rotatable bonds is 11. The topological polar surface area (TPSA) is 161 Å². The van der Waals surface area contributed by atoms with Crippen LogP contribution in [0.15, 0.2) is 36.5 Å². The summed E-state index contributed by atoms with van der Waals surface area (Å²) in [5, 5.41) is 14.6. The van der Waals surface area contributed by atoms with E-state index in [9.17, 15) is 14.0 Å². The Balaban J connectivity index is 1.58. The van der Waals surface area contributed by atoms with E-state index < -0.39 is 17.7 Å².